The molecule has 0 saturated carbocycles. The number of ether oxygens (including phenoxy) is 1. The van der Waals surface area contributed by atoms with E-state index < -0.39 is 0 Å². The fraction of sp³-hybridized carbons (Fsp3) is 0.500. The summed E-state index contributed by atoms with van der Waals surface area (Å²) in [7, 11) is 1.39. The number of nitrogens with zero attached hydrogens (tertiary/aromatic N) is 1. The number of carbonyl (C=O) groups excluding carboxylic acids is 1. The highest BCUT2D eigenvalue weighted by atomic mass is 32.2. The van der Waals surface area contributed by atoms with E-state index >= 15 is 0 Å². The van der Waals surface area contributed by atoms with Gasteiger partial charge in [0.2, 0.25) is 0 Å². The average Bonchev–Trinajstić information content (AvgIpc) is 2.30. The van der Waals surface area contributed by atoms with E-state index in [2.05, 4.69) is 23.6 Å². The first-order valence-corrected chi connectivity index (χ1v) is 6.48. The van der Waals surface area contributed by atoms with Gasteiger partial charge in [-0.1, -0.05) is 13.8 Å². The van der Waals surface area contributed by atoms with Crippen LogP contribution in [0.5, 0.6) is 0 Å². The number of rotatable bonds is 5. The highest BCUT2D eigenvalue weighted by molar-refractivity contribution is 7.99. The third-order valence-electron chi connectivity index (χ3n) is 2.32. The summed E-state index contributed by atoms with van der Waals surface area (Å²) in [5.74, 6) is 0.767. The number of anilines is 1. The largest absolute Gasteiger partial charge is 0.469 e. The first-order valence-electron chi connectivity index (χ1n) is 5.50. The molecule has 0 fully saturated rings. The monoisotopic (exact) mass is 254 g/mol. The fourth-order valence-corrected chi connectivity index (χ4v) is 2.31. The van der Waals surface area contributed by atoms with Gasteiger partial charge < -0.3 is 10.5 Å². The Morgan fingerprint density at radius 2 is 2.29 bits per heavy atom. The molecule has 0 saturated heterocycles. The highest BCUT2D eigenvalue weighted by Crippen LogP contribution is 2.30. The Morgan fingerprint density at radius 3 is 2.88 bits per heavy atom. The van der Waals surface area contributed by atoms with E-state index in [1.54, 1.807) is 18.0 Å². The van der Waals surface area contributed by atoms with Crippen LogP contribution in [0.2, 0.25) is 0 Å². The topological polar surface area (TPSA) is 65.2 Å². The van der Waals surface area contributed by atoms with Crippen molar-refractivity contribution in [3.63, 3.8) is 0 Å². The predicted molar refractivity (Wildman–Crippen MR) is 70.1 cm³/mol. The number of methoxy groups -OCH3 is 1. The maximum absolute atomic E-state index is 11.0. The van der Waals surface area contributed by atoms with Crippen LogP contribution in [0.15, 0.2) is 17.2 Å². The summed E-state index contributed by atoms with van der Waals surface area (Å²) in [6, 6.07) is 1.88. The molecule has 1 aromatic heterocycles. The first-order chi connectivity index (χ1) is 8.06. The van der Waals surface area contributed by atoms with E-state index in [0.717, 1.165) is 16.3 Å². The molecule has 17 heavy (non-hydrogen) atoms. The van der Waals surface area contributed by atoms with Gasteiger partial charge in [-0.3, -0.25) is 9.78 Å². The number of carbonyl (C=O) groups is 1. The molecule has 0 spiro atoms. The number of pyridine rings is 1. The summed E-state index contributed by atoms with van der Waals surface area (Å²) in [5.41, 5.74) is 7.66. The average molecular weight is 254 g/mol. The van der Waals surface area contributed by atoms with E-state index in [-0.39, 0.29) is 5.97 Å². The summed E-state index contributed by atoms with van der Waals surface area (Å²) >= 11 is 1.56. The minimum absolute atomic E-state index is 0.200. The summed E-state index contributed by atoms with van der Waals surface area (Å²) in [6.45, 7) is 4.11. The second-order valence-corrected chi connectivity index (χ2v) is 5.07. The van der Waals surface area contributed by atoms with Crippen LogP contribution >= 0.6 is 11.8 Å². The smallest absolute Gasteiger partial charge is 0.306 e. The van der Waals surface area contributed by atoms with Crippen molar-refractivity contribution in [2.75, 3.05) is 18.6 Å². The Balaban J connectivity index is 2.65. The van der Waals surface area contributed by atoms with Gasteiger partial charge >= 0.3 is 5.97 Å². The van der Waals surface area contributed by atoms with Crippen molar-refractivity contribution < 1.29 is 9.53 Å². The van der Waals surface area contributed by atoms with Gasteiger partial charge in [0.1, 0.15) is 0 Å². The molecule has 0 amide bonds. The van der Waals surface area contributed by atoms with Crippen LogP contribution in [0, 0.1) is 0 Å². The molecule has 1 heterocycles. The number of esters is 1. The van der Waals surface area contributed by atoms with E-state index in [1.165, 1.54) is 7.11 Å². The quantitative estimate of drug-likeness (QED) is 0.646. The number of thioether (sulfide) groups is 1. The number of nitrogen functional groups attached to an aromatic ring is 1. The molecule has 5 heteroatoms. The zero-order valence-corrected chi connectivity index (χ0v) is 11.2. The number of nitrogens with two attached hydrogens (primary N) is 1. The van der Waals surface area contributed by atoms with Crippen molar-refractivity contribution >= 4 is 23.4 Å². The Bertz CT molecular complexity index is 394. The van der Waals surface area contributed by atoms with E-state index in [1.807, 2.05) is 6.07 Å². The molecular weight excluding hydrogens is 236 g/mol. The molecule has 94 valence electrons. The lowest BCUT2D eigenvalue weighted by atomic mass is 10.1. The SMILES string of the molecule is COC(=O)CCSc1ccnc(C(C)C)c1N. The third-order valence-corrected chi connectivity index (χ3v) is 3.39. The van der Waals surface area contributed by atoms with Gasteiger partial charge in [-0.05, 0) is 12.0 Å². The lowest BCUT2D eigenvalue weighted by Crippen LogP contribution is -2.03. The van der Waals surface area contributed by atoms with E-state index in [9.17, 15) is 4.79 Å². The molecule has 0 radical (unpaired) electrons. The van der Waals surface area contributed by atoms with Crippen LogP contribution in [0.1, 0.15) is 31.9 Å². The van der Waals surface area contributed by atoms with Gasteiger partial charge in [-0.15, -0.1) is 11.8 Å². The van der Waals surface area contributed by atoms with Gasteiger partial charge in [-0.25, -0.2) is 0 Å². The molecule has 1 rings (SSSR count). The lowest BCUT2D eigenvalue weighted by Gasteiger charge is -2.11. The van der Waals surface area contributed by atoms with E-state index in [0.29, 0.717) is 18.1 Å². The molecule has 0 unspecified atom stereocenters. The van der Waals surface area contributed by atoms with Crippen LogP contribution < -0.4 is 5.73 Å². The van der Waals surface area contributed by atoms with E-state index in [4.69, 9.17) is 5.73 Å². The van der Waals surface area contributed by atoms with Gasteiger partial charge in [0.25, 0.3) is 0 Å². The molecule has 0 aromatic carbocycles. The normalized spacial score (nSPS) is 10.6. The molecule has 4 nitrogen and oxygen atoms in total. The molecule has 0 aliphatic heterocycles. The first kappa shape index (κ1) is 13.8. The van der Waals surface area contributed by atoms with Crippen LogP contribution in [0.25, 0.3) is 0 Å². The van der Waals surface area contributed by atoms with Crippen molar-refractivity contribution in [3.8, 4) is 0 Å². The molecule has 0 aliphatic carbocycles. The molecule has 2 N–H and O–H groups in total. The summed E-state index contributed by atoms with van der Waals surface area (Å²) in [6.07, 6.45) is 2.14. The zero-order valence-electron chi connectivity index (χ0n) is 10.4. The fourth-order valence-electron chi connectivity index (χ4n) is 1.40. The van der Waals surface area contributed by atoms with Crippen LogP contribution in [0.3, 0.4) is 0 Å². The van der Waals surface area contributed by atoms with Gasteiger partial charge in [0.15, 0.2) is 0 Å². The third kappa shape index (κ3) is 3.93. The summed E-state index contributed by atoms with van der Waals surface area (Å²) in [5, 5.41) is 0. The number of aromatic nitrogens is 1. The second-order valence-electron chi connectivity index (χ2n) is 3.94. The number of hydrogen-bond acceptors (Lipinski definition) is 5. The molecule has 0 bridgehead atoms. The Hall–Kier alpha value is -1.23. The van der Waals surface area contributed by atoms with Crippen molar-refractivity contribution in [2.24, 2.45) is 0 Å². The highest BCUT2D eigenvalue weighted by Gasteiger charge is 2.10. The Morgan fingerprint density at radius 1 is 1.59 bits per heavy atom. The van der Waals surface area contributed by atoms with Crippen LogP contribution in [0.4, 0.5) is 5.69 Å². The van der Waals surface area contributed by atoms with Gasteiger partial charge in [-0.2, -0.15) is 0 Å². The predicted octanol–water partition coefficient (Wildman–Crippen LogP) is 2.44. The van der Waals surface area contributed by atoms with Crippen LogP contribution in [-0.4, -0.2) is 23.8 Å². The zero-order chi connectivity index (χ0) is 12.8. The summed E-state index contributed by atoms with van der Waals surface area (Å²) < 4.78 is 4.58. The van der Waals surface area contributed by atoms with Crippen molar-refractivity contribution in [1.82, 2.24) is 4.98 Å². The number of hydrogen-bond donors (Lipinski definition) is 1. The minimum atomic E-state index is -0.200. The molecular formula is C12H18N2O2S. The Labute approximate surface area is 106 Å². The second kappa shape index (κ2) is 6.49. The molecule has 0 aliphatic rings. The maximum atomic E-state index is 11.0. The van der Waals surface area contributed by atoms with Crippen LogP contribution in [-0.2, 0) is 9.53 Å². The lowest BCUT2D eigenvalue weighted by molar-refractivity contribution is -0.140. The molecule has 0 atom stereocenters. The molecule has 1 aromatic rings. The van der Waals surface area contributed by atoms with Gasteiger partial charge in [0, 0.05) is 16.8 Å². The standard InChI is InChI=1S/C12H18N2O2S/c1-8(2)12-11(13)9(4-6-14-12)17-7-5-10(15)16-3/h4,6,8H,5,7,13H2,1-3H3. The Kier molecular flexibility index (Phi) is 5.28. The maximum Gasteiger partial charge on any atom is 0.306 e. The minimum Gasteiger partial charge on any atom is -0.469 e. The summed E-state index contributed by atoms with van der Waals surface area (Å²) in [4.78, 5) is 16.2. The van der Waals surface area contributed by atoms with Crippen molar-refractivity contribution in [1.29, 1.82) is 0 Å². The van der Waals surface area contributed by atoms with Crippen molar-refractivity contribution in [3.05, 3.63) is 18.0 Å². The van der Waals surface area contributed by atoms with Gasteiger partial charge in [0.05, 0.1) is 24.9 Å². The van der Waals surface area contributed by atoms with Crippen molar-refractivity contribution in [2.45, 2.75) is 31.1 Å².